The molecule has 0 aliphatic carbocycles. The van der Waals surface area contributed by atoms with Gasteiger partial charge in [-0.1, -0.05) is 29.8 Å². The van der Waals surface area contributed by atoms with Crippen LogP contribution in [0.4, 0.5) is 13.2 Å². The fourth-order valence-corrected chi connectivity index (χ4v) is 2.56. The zero-order valence-electron chi connectivity index (χ0n) is 14.3. The Balaban J connectivity index is 3.14. The normalized spacial score (nSPS) is 13.3. The van der Waals surface area contributed by atoms with Gasteiger partial charge < -0.3 is 14.8 Å². The van der Waals surface area contributed by atoms with E-state index in [1.807, 2.05) is 6.92 Å². The van der Waals surface area contributed by atoms with E-state index in [4.69, 9.17) is 9.47 Å². The van der Waals surface area contributed by atoms with Crippen LogP contribution >= 0.6 is 0 Å². The lowest BCUT2D eigenvalue weighted by molar-refractivity contribution is -0.131. The molecule has 0 atom stereocenters. The minimum Gasteiger partial charge on any atom is -0.379 e. The molecule has 0 heterocycles. The Kier molecular flexibility index (Phi) is 7.91. The molecule has 0 aliphatic heterocycles. The van der Waals surface area contributed by atoms with Gasteiger partial charge in [-0.2, -0.15) is 13.2 Å². The van der Waals surface area contributed by atoms with E-state index in [1.54, 1.807) is 26.0 Å². The number of sulfone groups is 1. The Morgan fingerprint density at radius 2 is 1.68 bits per heavy atom. The summed E-state index contributed by atoms with van der Waals surface area (Å²) in [5, 5.41) is 2.87. The molecule has 0 aromatic heterocycles. The summed E-state index contributed by atoms with van der Waals surface area (Å²) >= 11 is 0. The van der Waals surface area contributed by atoms with Crippen LogP contribution in [0.3, 0.4) is 0 Å². The summed E-state index contributed by atoms with van der Waals surface area (Å²) in [5.41, 5.74) is -4.35. The Hall–Kier alpha value is -1.58. The van der Waals surface area contributed by atoms with Gasteiger partial charge in [-0.15, -0.1) is 0 Å². The SMILES string of the molecule is CCOC(CN/C(=C/S(=O)(=O)C(F)(F)F)c1ccc(C)cc1)OCC. The van der Waals surface area contributed by atoms with Crippen molar-refractivity contribution in [1.82, 2.24) is 5.32 Å². The molecule has 142 valence electrons. The number of aryl methyl sites for hydroxylation is 1. The van der Waals surface area contributed by atoms with Crippen LogP contribution in [-0.2, 0) is 19.3 Å². The first kappa shape index (κ1) is 21.5. The fraction of sp³-hybridized carbons (Fsp3) is 0.500. The van der Waals surface area contributed by atoms with E-state index in [0.717, 1.165) is 5.56 Å². The maximum Gasteiger partial charge on any atom is 0.501 e. The maximum absolute atomic E-state index is 12.7. The maximum atomic E-state index is 12.7. The summed E-state index contributed by atoms with van der Waals surface area (Å²) in [6.07, 6.45) is -0.711. The molecular formula is C16H22F3NO4S. The number of nitrogens with one attached hydrogen (secondary N) is 1. The molecule has 0 saturated heterocycles. The topological polar surface area (TPSA) is 64.6 Å². The number of hydrogen-bond acceptors (Lipinski definition) is 5. The molecule has 1 N–H and O–H groups in total. The summed E-state index contributed by atoms with van der Waals surface area (Å²) < 4.78 is 71.7. The average molecular weight is 381 g/mol. The van der Waals surface area contributed by atoms with Crippen LogP contribution in [0.15, 0.2) is 29.7 Å². The van der Waals surface area contributed by atoms with Crippen molar-refractivity contribution in [3.05, 3.63) is 40.8 Å². The van der Waals surface area contributed by atoms with Gasteiger partial charge in [-0.25, -0.2) is 8.42 Å². The van der Waals surface area contributed by atoms with Gasteiger partial charge in [0, 0.05) is 13.2 Å². The number of ether oxygens (including phenoxy) is 2. The standard InChI is InChI=1S/C16H22F3NO4S/c1-4-23-15(24-5-2)10-20-14(11-25(21,22)16(17,18)19)13-8-6-12(3)7-9-13/h6-9,11,15,20H,4-5,10H2,1-3H3/b14-11+. The summed E-state index contributed by atoms with van der Waals surface area (Å²) in [7, 11) is -5.43. The van der Waals surface area contributed by atoms with E-state index in [-0.39, 0.29) is 17.6 Å². The van der Waals surface area contributed by atoms with Crippen LogP contribution in [0.5, 0.6) is 0 Å². The van der Waals surface area contributed by atoms with E-state index < -0.39 is 21.6 Å². The summed E-state index contributed by atoms with van der Waals surface area (Å²) in [6.45, 7) is 5.99. The van der Waals surface area contributed by atoms with Crippen molar-refractivity contribution >= 4 is 15.5 Å². The summed E-state index contributed by atoms with van der Waals surface area (Å²) in [4.78, 5) is 0. The van der Waals surface area contributed by atoms with Crippen molar-refractivity contribution < 1.29 is 31.1 Å². The van der Waals surface area contributed by atoms with E-state index in [0.29, 0.717) is 18.8 Å². The van der Waals surface area contributed by atoms with Crippen molar-refractivity contribution in [1.29, 1.82) is 0 Å². The van der Waals surface area contributed by atoms with Gasteiger partial charge in [0.25, 0.3) is 9.84 Å². The molecule has 1 aromatic carbocycles. The molecule has 0 spiro atoms. The van der Waals surface area contributed by atoms with Gasteiger partial charge in [0.2, 0.25) is 0 Å². The van der Waals surface area contributed by atoms with Crippen molar-refractivity contribution in [3.63, 3.8) is 0 Å². The quantitative estimate of drug-likeness (QED) is 0.666. The largest absolute Gasteiger partial charge is 0.501 e. The molecular weight excluding hydrogens is 359 g/mol. The lowest BCUT2D eigenvalue weighted by atomic mass is 10.1. The minimum absolute atomic E-state index is 0.00519. The van der Waals surface area contributed by atoms with Gasteiger partial charge in [0.05, 0.1) is 17.6 Å². The molecule has 0 amide bonds. The van der Waals surface area contributed by atoms with Crippen LogP contribution in [0.1, 0.15) is 25.0 Å². The van der Waals surface area contributed by atoms with Crippen LogP contribution in [-0.4, -0.2) is 40.0 Å². The number of alkyl halides is 3. The lowest BCUT2D eigenvalue weighted by Gasteiger charge is -2.20. The molecule has 1 aromatic rings. The predicted octanol–water partition coefficient (Wildman–Crippen LogP) is 3.22. The second kappa shape index (κ2) is 9.21. The van der Waals surface area contributed by atoms with Crippen LogP contribution in [0.25, 0.3) is 5.70 Å². The Bertz CT molecular complexity index is 664. The Morgan fingerprint density at radius 1 is 1.16 bits per heavy atom. The first-order valence-corrected chi connectivity index (χ1v) is 9.22. The Labute approximate surface area is 145 Å². The van der Waals surface area contributed by atoms with Crippen molar-refractivity contribution in [2.24, 2.45) is 0 Å². The van der Waals surface area contributed by atoms with Crippen LogP contribution in [0, 0.1) is 6.92 Å². The third kappa shape index (κ3) is 6.68. The highest BCUT2D eigenvalue weighted by molar-refractivity contribution is 7.95. The highest BCUT2D eigenvalue weighted by atomic mass is 32.2. The van der Waals surface area contributed by atoms with Crippen molar-refractivity contribution in [2.45, 2.75) is 32.6 Å². The molecule has 5 nitrogen and oxygen atoms in total. The zero-order valence-corrected chi connectivity index (χ0v) is 15.1. The van der Waals surface area contributed by atoms with Crippen LogP contribution < -0.4 is 5.32 Å². The molecule has 0 aliphatic rings. The molecule has 1 rings (SSSR count). The zero-order chi connectivity index (χ0) is 19.1. The van der Waals surface area contributed by atoms with E-state index in [2.05, 4.69) is 5.32 Å². The monoisotopic (exact) mass is 381 g/mol. The lowest BCUT2D eigenvalue weighted by Crippen LogP contribution is -2.31. The van der Waals surface area contributed by atoms with Gasteiger partial charge >= 0.3 is 5.51 Å². The summed E-state index contributed by atoms with van der Waals surface area (Å²) in [6, 6.07) is 6.42. The number of halogens is 3. The van der Waals surface area contributed by atoms with Gasteiger partial charge in [0.15, 0.2) is 6.29 Å². The smallest absolute Gasteiger partial charge is 0.379 e. The number of benzene rings is 1. The first-order valence-electron chi connectivity index (χ1n) is 7.67. The molecule has 0 radical (unpaired) electrons. The van der Waals surface area contributed by atoms with E-state index in [1.165, 1.54) is 12.1 Å². The molecule has 9 heteroatoms. The average Bonchev–Trinajstić information content (AvgIpc) is 2.51. The van der Waals surface area contributed by atoms with Crippen LogP contribution in [0.2, 0.25) is 0 Å². The molecule has 0 unspecified atom stereocenters. The second-order valence-corrected chi connectivity index (χ2v) is 6.90. The van der Waals surface area contributed by atoms with Crippen molar-refractivity contribution in [3.8, 4) is 0 Å². The third-order valence-electron chi connectivity index (χ3n) is 3.12. The van der Waals surface area contributed by atoms with Gasteiger partial charge in [-0.3, -0.25) is 0 Å². The first-order chi connectivity index (χ1) is 11.6. The number of rotatable bonds is 9. The Morgan fingerprint density at radius 3 is 2.12 bits per heavy atom. The van der Waals surface area contributed by atoms with Gasteiger partial charge in [-0.05, 0) is 26.3 Å². The highest BCUT2D eigenvalue weighted by Gasteiger charge is 2.44. The molecule has 25 heavy (non-hydrogen) atoms. The van der Waals surface area contributed by atoms with Gasteiger partial charge in [0.1, 0.15) is 0 Å². The molecule has 0 saturated carbocycles. The van der Waals surface area contributed by atoms with E-state index >= 15 is 0 Å². The second-order valence-electron chi connectivity index (χ2n) is 5.11. The molecule has 0 bridgehead atoms. The third-order valence-corrected chi connectivity index (χ3v) is 4.31. The predicted molar refractivity (Wildman–Crippen MR) is 89.2 cm³/mol. The van der Waals surface area contributed by atoms with Crippen molar-refractivity contribution in [2.75, 3.05) is 19.8 Å². The fourth-order valence-electron chi connectivity index (χ4n) is 1.90. The molecule has 0 fully saturated rings. The highest BCUT2D eigenvalue weighted by Crippen LogP contribution is 2.27. The number of hydrogen-bond donors (Lipinski definition) is 1. The summed E-state index contributed by atoms with van der Waals surface area (Å²) in [5.74, 6) is 0. The van der Waals surface area contributed by atoms with E-state index in [9.17, 15) is 21.6 Å². The minimum atomic E-state index is -5.43.